The number of ether oxygens (including phenoxy) is 2. The maximum atomic E-state index is 5.58. The molecule has 0 aromatic heterocycles. The Morgan fingerprint density at radius 1 is 1.11 bits per heavy atom. The molecule has 2 fully saturated rings. The monoisotopic (exact) mass is 128 g/mol. The van der Waals surface area contributed by atoms with Crippen LogP contribution < -0.4 is 0 Å². The van der Waals surface area contributed by atoms with E-state index in [0.29, 0.717) is 0 Å². The van der Waals surface area contributed by atoms with Gasteiger partial charge in [-0.25, -0.2) is 0 Å². The summed E-state index contributed by atoms with van der Waals surface area (Å²) in [5.41, 5.74) is 0.167. The smallest absolute Gasteiger partial charge is 0.0937 e. The quantitative estimate of drug-likeness (QED) is 0.483. The van der Waals surface area contributed by atoms with Gasteiger partial charge in [0.2, 0.25) is 0 Å². The van der Waals surface area contributed by atoms with E-state index in [1.165, 1.54) is 12.8 Å². The highest BCUT2D eigenvalue weighted by Gasteiger charge is 2.38. The summed E-state index contributed by atoms with van der Waals surface area (Å²) in [7, 11) is 0. The molecular weight excluding hydrogens is 116 g/mol. The summed E-state index contributed by atoms with van der Waals surface area (Å²) >= 11 is 0. The first kappa shape index (κ1) is 5.69. The molecule has 0 saturated carbocycles. The van der Waals surface area contributed by atoms with Crippen molar-refractivity contribution in [3.05, 3.63) is 0 Å². The van der Waals surface area contributed by atoms with Crippen LogP contribution in [0.5, 0.6) is 0 Å². The summed E-state index contributed by atoms with van der Waals surface area (Å²) in [5.74, 6) is 0. The lowest BCUT2D eigenvalue weighted by atomic mass is 10.0. The third-order valence-corrected chi connectivity index (χ3v) is 2.25. The van der Waals surface area contributed by atoms with Gasteiger partial charge in [0.15, 0.2) is 0 Å². The van der Waals surface area contributed by atoms with Gasteiger partial charge < -0.3 is 9.47 Å². The lowest BCUT2D eigenvalue weighted by molar-refractivity contribution is -0.00312. The first-order chi connectivity index (χ1) is 4.41. The van der Waals surface area contributed by atoms with E-state index in [-0.39, 0.29) is 5.60 Å². The number of hydrogen-bond acceptors (Lipinski definition) is 2. The minimum absolute atomic E-state index is 0.167. The lowest BCUT2D eigenvalue weighted by Crippen LogP contribution is -2.27. The van der Waals surface area contributed by atoms with Crippen LogP contribution in [0.25, 0.3) is 0 Å². The number of rotatable bonds is 0. The summed E-state index contributed by atoms with van der Waals surface area (Å²) in [6.45, 7) is 2.69. The minimum atomic E-state index is 0.167. The van der Waals surface area contributed by atoms with Crippen LogP contribution in [-0.4, -0.2) is 25.4 Å². The van der Waals surface area contributed by atoms with Crippen LogP contribution in [0.3, 0.4) is 0 Å². The fraction of sp³-hybridized carbons (Fsp3) is 1.00. The average molecular weight is 128 g/mol. The lowest BCUT2D eigenvalue weighted by Gasteiger charge is -2.18. The van der Waals surface area contributed by atoms with Gasteiger partial charge >= 0.3 is 0 Å². The zero-order chi connectivity index (χ0) is 6.16. The summed E-state index contributed by atoms with van der Waals surface area (Å²) in [5, 5.41) is 0. The standard InChI is InChI=1S/C7H12O2/c1-2-7(9-4-1)3-5-8-6-7/h1-6H2. The van der Waals surface area contributed by atoms with Crippen molar-refractivity contribution in [2.24, 2.45) is 0 Å². The van der Waals surface area contributed by atoms with Crippen molar-refractivity contribution in [2.45, 2.75) is 24.9 Å². The zero-order valence-corrected chi connectivity index (χ0v) is 5.56. The molecule has 2 nitrogen and oxygen atoms in total. The van der Waals surface area contributed by atoms with E-state index in [1.807, 2.05) is 0 Å². The first-order valence-corrected chi connectivity index (χ1v) is 3.63. The van der Waals surface area contributed by atoms with Crippen molar-refractivity contribution in [3.8, 4) is 0 Å². The topological polar surface area (TPSA) is 18.5 Å². The average Bonchev–Trinajstić information content (AvgIpc) is 2.45. The van der Waals surface area contributed by atoms with Gasteiger partial charge in [-0.05, 0) is 12.8 Å². The van der Waals surface area contributed by atoms with Crippen molar-refractivity contribution in [3.63, 3.8) is 0 Å². The molecule has 0 aliphatic carbocycles. The predicted molar refractivity (Wildman–Crippen MR) is 33.4 cm³/mol. The molecule has 2 aliphatic heterocycles. The molecule has 0 N–H and O–H groups in total. The molecule has 2 aliphatic rings. The summed E-state index contributed by atoms with van der Waals surface area (Å²) in [4.78, 5) is 0. The molecule has 0 bridgehead atoms. The van der Waals surface area contributed by atoms with E-state index in [9.17, 15) is 0 Å². The van der Waals surface area contributed by atoms with Gasteiger partial charge in [-0.15, -0.1) is 0 Å². The molecule has 2 heteroatoms. The highest BCUT2D eigenvalue weighted by Crippen LogP contribution is 2.32. The largest absolute Gasteiger partial charge is 0.378 e. The van der Waals surface area contributed by atoms with Gasteiger partial charge in [0, 0.05) is 19.6 Å². The maximum absolute atomic E-state index is 5.58. The molecule has 1 spiro atoms. The van der Waals surface area contributed by atoms with Crippen LogP contribution in [0.1, 0.15) is 19.3 Å². The summed E-state index contributed by atoms with van der Waals surface area (Å²) < 4.78 is 10.8. The number of hydrogen-bond donors (Lipinski definition) is 0. The Bertz CT molecular complexity index is 82.0. The Morgan fingerprint density at radius 2 is 2.11 bits per heavy atom. The Morgan fingerprint density at radius 3 is 2.67 bits per heavy atom. The van der Waals surface area contributed by atoms with Crippen LogP contribution in [0, 0.1) is 0 Å². The van der Waals surface area contributed by atoms with Gasteiger partial charge in [-0.1, -0.05) is 0 Å². The Kier molecular flexibility index (Phi) is 1.24. The Hall–Kier alpha value is -0.0800. The second-order valence-corrected chi connectivity index (χ2v) is 2.94. The maximum Gasteiger partial charge on any atom is 0.0937 e. The van der Waals surface area contributed by atoms with E-state index >= 15 is 0 Å². The molecule has 9 heavy (non-hydrogen) atoms. The van der Waals surface area contributed by atoms with Crippen LogP contribution in [0.4, 0.5) is 0 Å². The summed E-state index contributed by atoms with van der Waals surface area (Å²) in [6, 6.07) is 0. The molecule has 2 heterocycles. The molecule has 0 aromatic rings. The molecule has 0 radical (unpaired) electrons. The molecule has 1 unspecified atom stereocenters. The fourth-order valence-electron chi connectivity index (χ4n) is 1.65. The third-order valence-electron chi connectivity index (χ3n) is 2.25. The van der Waals surface area contributed by atoms with Crippen molar-refractivity contribution in [2.75, 3.05) is 19.8 Å². The van der Waals surface area contributed by atoms with Crippen LogP contribution in [0.15, 0.2) is 0 Å². The van der Waals surface area contributed by atoms with Crippen molar-refractivity contribution < 1.29 is 9.47 Å². The van der Waals surface area contributed by atoms with E-state index in [2.05, 4.69) is 0 Å². The van der Waals surface area contributed by atoms with Crippen LogP contribution >= 0.6 is 0 Å². The molecule has 1 atom stereocenters. The second-order valence-electron chi connectivity index (χ2n) is 2.94. The van der Waals surface area contributed by atoms with E-state index in [0.717, 1.165) is 26.2 Å². The zero-order valence-electron chi connectivity index (χ0n) is 5.56. The van der Waals surface area contributed by atoms with Gasteiger partial charge in [-0.2, -0.15) is 0 Å². The molecule has 2 saturated heterocycles. The van der Waals surface area contributed by atoms with Gasteiger partial charge in [0.25, 0.3) is 0 Å². The van der Waals surface area contributed by atoms with Gasteiger partial charge in [-0.3, -0.25) is 0 Å². The van der Waals surface area contributed by atoms with Crippen LogP contribution in [-0.2, 0) is 9.47 Å². The minimum Gasteiger partial charge on any atom is -0.378 e. The first-order valence-electron chi connectivity index (χ1n) is 3.63. The van der Waals surface area contributed by atoms with E-state index in [4.69, 9.17) is 9.47 Å². The SMILES string of the molecule is C1COC2(C1)CCOC2. The normalized spacial score (nSPS) is 42.7. The summed E-state index contributed by atoms with van der Waals surface area (Å²) in [6.07, 6.45) is 3.56. The van der Waals surface area contributed by atoms with Crippen molar-refractivity contribution in [1.82, 2.24) is 0 Å². The van der Waals surface area contributed by atoms with E-state index in [1.54, 1.807) is 0 Å². The second kappa shape index (κ2) is 1.96. The Labute approximate surface area is 55.1 Å². The van der Waals surface area contributed by atoms with Crippen molar-refractivity contribution >= 4 is 0 Å². The van der Waals surface area contributed by atoms with Crippen molar-refractivity contribution in [1.29, 1.82) is 0 Å². The molecule has 0 aromatic carbocycles. The highest BCUT2D eigenvalue weighted by molar-refractivity contribution is 4.88. The van der Waals surface area contributed by atoms with Gasteiger partial charge in [0.1, 0.15) is 0 Å². The molecule has 52 valence electrons. The van der Waals surface area contributed by atoms with Crippen LogP contribution in [0.2, 0.25) is 0 Å². The molecule has 0 amide bonds. The van der Waals surface area contributed by atoms with Gasteiger partial charge in [0.05, 0.1) is 12.2 Å². The van der Waals surface area contributed by atoms with E-state index < -0.39 is 0 Å². The third kappa shape index (κ3) is 0.864. The highest BCUT2D eigenvalue weighted by atomic mass is 16.6. The Balaban J connectivity index is 2.04. The predicted octanol–water partition coefficient (Wildman–Crippen LogP) is 0.956. The molecular formula is C7H12O2. The fourth-order valence-corrected chi connectivity index (χ4v) is 1.65. The molecule has 2 rings (SSSR count).